The zero-order valence-corrected chi connectivity index (χ0v) is 16.8. The molecule has 0 aliphatic carbocycles. The second-order valence-electron chi connectivity index (χ2n) is 7.58. The summed E-state index contributed by atoms with van der Waals surface area (Å²) in [5.74, 6) is -1.97. The van der Waals surface area contributed by atoms with E-state index in [9.17, 15) is 0 Å². The fraction of sp³-hybridized carbons (Fsp3) is 1.00. The lowest BCUT2D eigenvalue weighted by molar-refractivity contribution is -0.475. The molecule has 0 bridgehead atoms. The van der Waals surface area contributed by atoms with Crippen molar-refractivity contribution >= 4 is 0 Å². The molecule has 0 aromatic rings. The third kappa shape index (κ3) is 4.91. The minimum absolute atomic E-state index is 0.0292. The first-order valence-electron chi connectivity index (χ1n) is 9.27. The summed E-state index contributed by atoms with van der Waals surface area (Å²) >= 11 is 0. The van der Waals surface area contributed by atoms with Crippen LogP contribution in [0.5, 0.6) is 0 Å². The molecule has 1 atom stereocenters. The predicted molar refractivity (Wildman–Crippen MR) is 92.7 cm³/mol. The Morgan fingerprint density at radius 1 is 0.800 bits per heavy atom. The van der Waals surface area contributed by atoms with Gasteiger partial charge in [-0.15, -0.1) is 0 Å². The molecule has 2 heterocycles. The van der Waals surface area contributed by atoms with Gasteiger partial charge in [-0.05, 0) is 34.9 Å². The molecule has 2 fully saturated rings. The predicted octanol–water partition coefficient (Wildman–Crippen LogP) is 2.54. The zero-order valence-electron chi connectivity index (χ0n) is 16.8. The molecule has 1 unspecified atom stereocenters. The molecule has 2 aliphatic rings. The molecule has 7 heteroatoms. The van der Waals surface area contributed by atoms with Gasteiger partial charge >= 0.3 is 0 Å². The van der Waals surface area contributed by atoms with Gasteiger partial charge in [-0.25, -0.2) is 0 Å². The molecule has 0 aromatic carbocycles. The quantitative estimate of drug-likeness (QED) is 0.646. The first kappa shape index (κ1) is 21.0. The van der Waals surface area contributed by atoms with Crippen molar-refractivity contribution < 1.29 is 28.4 Å². The Balaban J connectivity index is 1.95. The van der Waals surface area contributed by atoms with Gasteiger partial charge in [-0.2, -0.15) is 0 Å². The van der Waals surface area contributed by atoms with E-state index in [1.54, 1.807) is 0 Å². The van der Waals surface area contributed by atoms with Gasteiger partial charge in [0.25, 0.3) is 11.9 Å². The van der Waals surface area contributed by atoms with Crippen LogP contribution in [0.3, 0.4) is 0 Å². The van der Waals surface area contributed by atoms with Crippen LogP contribution in [-0.2, 0) is 28.4 Å². The van der Waals surface area contributed by atoms with Gasteiger partial charge < -0.3 is 28.4 Å². The average molecular weight is 361 g/mol. The SMILES string of the molecule is CCC1(OC(C)C)OCC2(CO1)COC(CC)(OC(C)N(C)C)OC2. The van der Waals surface area contributed by atoms with Crippen LogP contribution in [0.2, 0.25) is 0 Å². The molecule has 2 saturated heterocycles. The molecule has 0 radical (unpaired) electrons. The Labute approximate surface area is 151 Å². The van der Waals surface area contributed by atoms with E-state index < -0.39 is 11.9 Å². The van der Waals surface area contributed by atoms with Crippen molar-refractivity contribution in [1.82, 2.24) is 4.90 Å². The van der Waals surface area contributed by atoms with Crippen molar-refractivity contribution in [2.45, 2.75) is 71.7 Å². The van der Waals surface area contributed by atoms with Crippen LogP contribution in [0, 0.1) is 5.41 Å². The van der Waals surface area contributed by atoms with Gasteiger partial charge in [0, 0.05) is 12.8 Å². The standard InChI is InChI=1S/C18H35NO6/c1-8-17(24-14(3)4)20-10-16(11-21-17)12-22-18(9-2,23-13-16)25-15(5)19(6)7/h14-15H,8-13H2,1-7H3. The van der Waals surface area contributed by atoms with E-state index in [4.69, 9.17) is 28.4 Å². The second-order valence-corrected chi connectivity index (χ2v) is 7.58. The monoisotopic (exact) mass is 361 g/mol. The van der Waals surface area contributed by atoms with Crippen LogP contribution in [0.25, 0.3) is 0 Å². The molecule has 2 rings (SSSR count). The third-order valence-corrected chi connectivity index (χ3v) is 4.75. The van der Waals surface area contributed by atoms with E-state index in [2.05, 4.69) is 0 Å². The lowest BCUT2D eigenvalue weighted by Crippen LogP contribution is -2.60. The summed E-state index contributed by atoms with van der Waals surface area (Å²) in [4.78, 5) is 1.97. The van der Waals surface area contributed by atoms with Gasteiger partial charge in [0.2, 0.25) is 0 Å². The summed E-state index contributed by atoms with van der Waals surface area (Å²) in [7, 11) is 3.92. The van der Waals surface area contributed by atoms with Gasteiger partial charge in [0.05, 0.1) is 37.9 Å². The Kier molecular flexibility index (Phi) is 6.87. The number of nitrogens with zero attached hydrogens (tertiary/aromatic N) is 1. The maximum atomic E-state index is 6.04. The molecule has 7 nitrogen and oxygen atoms in total. The highest BCUT2D eigenvalue weighted by Gasteiger charge is 2.51. The number of ether oxygens (including phenoxy) is 6. The highest BCUT2D eigenvalue weighted by Crippen LogP contribution is 2.40. The first-order chi connectivity index (χ1) is 11.7. The molecule has 148 valence electrons. The van der Waals surface area contributed by atoms with E-state index in [-0.39, 0.29) is 17.7 Å². The summed E-state index contributed by atoms with van der Waals surface area (Å²) in [5, 5.41) is 0. The smallest absolute Gasteiger partial charge is 0.284 e. The maximum absolute atomic E-state index is 6.04. The highest BCUT2D eigenvalue weighted by molar-refractivity contribution is 4.87. The van der Waals surface area contributed by atoms with Crippen LogP contribution in [0.15, 0.2) is 0 Å². The molecule has 0 amide bonds. The summed E-state index contributed by atoms with van der Waals surface area (Å²) in [6, 6.07) is 0. The van der Waals surface area contributed by atoms with E-state index >= 15 is 0 Å². The summed E-state index contributed by atoms with van der Waals surface area (Å²) in [6.45, 7) is 11.8. The van der Waals surface area contributed by atoms with Crippen LogP contribution >= 0.6 is 0 Å². The first-order valence-corrected chi connectivity index (χ1v) is 9.27. The highest BCUT2D eigenvalue weighted by atomic mass is 16.9. The Hall–Kier alpha value is -0.280. The largest absolute Gasteiger partial charge is 0.327 e. The van der Waals surface area contributed by atoms with Crippen molar-refractivity contribution in [3.8, 4) is 0 Å². The molecule has 25 heavy (non-hydrogen) atoms. The van der Waals surface area contributed by atoms with Crippen molar-refractivity contribution in [3.63, 3.8) is 0 Å². The molecule has 0 aromatic heterocycles. The molecule has 0 N–H and O–H groups in total. The topological polar surface area (TPSA) is 58.6 Å². The normalized spacial score (nSPS) is 37.8. The fourth-order valence-electron chi connectivity index (χ4n) is 2.82. The lowest BCUT2D eigenvalue weighted by atomic mass is 9.90. The van der Waals surface area contributed by atoms with Gasteiger partial charge in [-0.3, -0.25) is 4.90 Å². The minimum atomic E-state index is -1.01. The van der Waals surface area contributed by atoms with Crippen LogP contribution in [0.4, 0.5) is 0 Å². The van der Waals surface area contributed by atoms with Crippen LogP contribution < -0.4 is 0 Å². The Morgan fingerprint density at radius 3 is 1.52 bits per heavy atom. The summed E-state index contributed by atoms with van der Waals surface area (Å²) in [5.41, 5.74) is -0.331. The third-order valence-electron chi connectivity index (χ3n) is 4.75. The molecule has 1 spiro atoms. The lowest BCUT2D eigenvalue weighted by Gasteiger charge is -2.50. The van der Waals surface area contributed by atoms with Crippen molar-refractivity contribution in [2.75, 3.05) is 40.5 Å². The van der Waals surface area contributed by atoms with Gasteiger partial charge in [0.1, 0.15) is 6.23 Å². The molecule has 2 aliphatic heterocycles. The van der Waals surface area contributed by atoms with Crippen LogP contribution in [0.1, 0.15) is 47.5 Å². The molecule has 0 saturated carbocycles. The van der Waals surface area contributed by atoms with Crippen molar-refractivity contribution in [3.05, 3.63) is 0 Å². The zero-order chi connectivity index (χ0) is 18.7. The van der Waals surface area contributed by atoms with E-state index in [1.807, 2.05) is 53.6 Å². The summed E-state index contributed by atoms with van der Waals surface area (Å²) < 4.78 is 35.9. The van der Waals surface area contributed by atoms with Gasteiger partial charge in [-0.1, -0.05) is 13.8 Å². The Morgan fingerprint density at radius 2 is 1.20 bits per heavy atom. The maximum Gasteiger partial charge on any atom is 0.284 e. The van der Waals surface area contributed by atoms with Crippen molar-refractivity contribution in [1.29, 1.82) is 0 Å². The van der Waals surface area contributed by atoms with E-state index in [0.717, 1.165) is 0 Å². The average Bonchev–Trinajstić information content (AvgIpc) is 2.59. The second kappa shape index (κ2) is 8.17. The van der Waals surface area contributed by atoms with E-state index in [1.165, 1.54) is 0 Å². The van der Waals surface area contributed by atoms with E-state index in [0.29, 0.717) is 39.3 Å². The van der Waals surface area contributed by atoms with Gasteiger partial charge in [0.15, 0.2) is 0 Å². The Bertz CT molecular complexity index is 410. The van der Waals surface area contributed by atoms with Crippen molar-refractivity contribution in [2.24, 2.45) is 5.41 Å². The molecular weight excluding hydrogens is 326 g/mol. The number of rotatable bonds is 7. The van der Waals surface area contributed by atoms with Crippen LogP contribution in [-0.4, -0.2) is 69.7 Å². The summed E-state index contributed by atoms with van der Waals surface area (Å²) in [6.07, 6.45) is 1.16. The number of hydrogen-bond acceptors (Lipinski definition) is 7. The minimum Gasteiger partial charge on any atom is -0.327 e. The molecular formula is C18H35NO6. The number of hydrogen-bond donors (Lipinski definition) is 0. The fourth-order valence-corrected chi connectivity index (χ4v) is 2.82.